The Morgan fingerprint density at radius 2 is 1.96 bits per heavy atom. The lowest BCUT2D eigenvalue weighted by Crippen LogP contribution is -2.52. The zero-order valence-corrected chi connectivity index (χ0v) is 13.4. The monoisotopic (exact) mass is 337 g/mol. The van der Waals surface area contributed by atoms with Gasteiger partial charge in [0, 0.05) is 30.9 Å². The molecule has 1 heterocycles. The van der Waals surface area contributed by atoms with Crippen LogP contribution in [0, 0.1) is 5.92 Å². The van der Waals surface area contributed by atoms with Crippen molar-refractivity contribution in [3.05, 3.63) is 29.8 Å². The van der Waals surface area contributed by atoms with E-state index in [1.54, 1.807) is 29.2 Å². The number of rotatable bonds is 5. The molecule has 2 N–H and O–H groups in total. The van der Waals surface area contributed by atoms with Crippen LogP contribution in [-0.4, -0.2) is 56.6 Å². The number of nitrogens with zero attached hydrogens (tertiary/aromatic N) is 2. The van der Waals surface area contributed by atoms with Crippen molar-refractivity contribution in [3.63, 3.8) is 0 Å². The van der Waals surface area contributed by atoms with E-state index in [1.807, 2.05) is 4.90 Å². The zero-order chi connectivity index (χ0) is 16.4. The molecule has 23 heavy (non-hydrogen) atoms. The van der Waals surface area contributed by atoms with Gasteiger partial charge >= 0.3 is 0 Å². The largest absolute Gasteiger partial charge is 0.339 e. The van der Waals surface area contributed by atoms with Gasteiger partial charge in [-0.3, -0.25) is 18.9 Å². The number of amides is 2. The molecule has 2 aliphatic rings. The molecule has 2 amide bonds. The summed E-state index contributed by atoms with van der Waals surface area (Å²) in [5.74, 6) is 0.463. The Morgan fingerprint density at radius 1 is 1.26 bits per heavy atom. The van der Waals surface area contributed by atoms with Gasteiger partial charge in [-0.1, -0.05) is 0 Å². The van der Waals surface area contributed by atoms with Crippen LogP contribution < -0.4 is 4.72 Å². The van der Waals surface area contributed by atoms with Crippen molar-refractivity contribution >= 4 is 28.8 Å². The fourth-order valence-electron chi connectivity index (χ4n) is 2.65. The van der Waals surface area contributed by atoms with Crippen molar-refractivity contribution < 1.29 is 18.4 Å². The molecule has 1 saturated carbocycles. The van der Waals surface area contributed by atoms with Crippen LogP contribution in [0.1, 0.15) is 23.2 Å². The summed E-state index contributed by atoms with van der Waals surface area (Å²) >= 11 is -2.14. The number of piperazine rings is 1. The molecule has 0 radical (unpaired) electrons. The summed E-state index contributed by atoms with van der Waals surface area (Å²) in [7, 11) is 0. The first kappa shape index (κ1) is 15.9. The second-order valence-corrected chi connectivity index (χ2v) is 6.64. The van der Waals surface area contributed by atoms with Gasteiger partial charge in [-0.2, -0.15) is 0 Å². The third kappa shape index (κ3) is 4.08. The standard InChI is InChI=1S/C15H19N3O4S/c19-14-10-18(8-7-17(14)9-11-1-2-11)15(20)12-3-5-13(6-4-12)16-23(21)22/h3-6,11,16H,1-2,7-10H2,(H,21,22). The molecule has 124 valence electrons. The fraction of sp³-hybridized carbons (Fsp3) is 0.467. The van der Waals surface area contributed by atoms with Gasteiger partial charge in [0.2, 0.25) is 5.91 Å². The lowest BCUT2D eigenvalue weighted by Gasteiger charge is -2.34. The van der Waals surface area contributed by atoms with Crippen LogP contribution in [0.5, 0.6) is 0 Å². The molecule has 1 atom stereocenters. The molecular formula is C15H19N3O4S. The van der Waals surface area contributed by atoms with Crippen LogP contribution in [0.15, 0.2) is 24.3 Å². The van der Waals surface area contributed by atoms with E-state index >= 15 is 0 Å². The van der Waals surface area contributed by atoms with Gasteiger partial charge < -0.3 is 9.80 Å². The van der Waals surface area contributed by atoms with Crippen LogP contribution in [0.2, 0.25) is 0 Å². The summed E-state index contributed by atoms with van der Waals surface area (Å²) in [5.41, 5.74) is 0.912. The molecule has 1 aliphatic carbocycles. The van der Waals surface area contributed by atoms with Crippen LogP contribution in [0.3, 0.4) is 0 Å². The average Bonchev–Trinajstić information content (AvgIpc) is 3.33. The Hall–Kier alpha value is -1.93. The van der Waals surface area contributed by atoms with Crippen molar-refractivity contribution in [2.75, 3.05) is 30.9 Å². The lowest BCUT2D eigenvalue weighted by molar-refractivity contribution is -0.135. The van der Waals surface area contributed by atoms with E-state index in [-0.39, 0.29) is 18.4 Å². The predicted octanol–water partition coefficient (Wildman–Crippen LogP) is 0.930. The predicted molar refractivity (Wildman–Crippen MR) is 86.0 cm³/mol. The Balaban J connectivity index is 1.59. The highest BCUT2D eigenvalue weighted by molar-refractivity contribution is 7.80. The molecule has 1 aliphatic heterocycles. The molecule has 8 heteroatoms. The highest BCUT2D eigenvalue weighted by Gasteiger charge is 2.31. The highest BCUT2D eigenvalue weighted by atomic mass is 32.2. The van der Waals surface area contributed by atoms with E-state index in [4.69, 9.17) is 4.55 Å². The third-order valence-corrected chi connectivity index (χ3v) is 4.53. The van der Waals surface area contributed by atoms with Gasteiger partial charge in [-0.15, -0.1) is 0 Å². The molecule has 2 fully saturated rings. The van der Waals surface area contributed by atoms with Gasteiger partial charge in [0.25, 0.3) is 17.2 Å². The average molecular weight is 337 g/mol. The summed E-state index contributed by atoms with van der Waals surface area (Å²) in [6.45, 7) is 2.06. The molecule has 1 saturated heterocycles. The Morgan fingerprint density at radius 3 is 2.52 bits per heavy atom. The van der Waals surface area contributed by atoms with E-state index in [0.29, 0.717) is 30.3 Å². The number of carbonyl (C=O) groups excluding carboxylic acids is 2. The van der Waals surface area contributed by atoms with E-state index in [2.05, 4.69) is 4.72 Å². The molecule has 0 spiro atoms. The van der Waals surface area contributed by atoms with E-state index in [1.165, 1.54) is 12.8 Å². The lowest BCUT2D eigenvalue weighted by atomic mass is 10.1. The minimum atomic E-state index is -2.14. The van der Waals surface area contributed by atoms with Gasteiger partial charge in [0.1, 0.15) is 6.54 Å². The number of nitrogens with one attached hydrogen (secondary N) is 1. The number of benzene rings is 1. The molecule has 3 rings (SSSR count). The second kappa shape index (κ2) is 6.67. The van der Waals surface area contributed by atoms with Crippen LogP contribution in [0.25, 0.3) is 0 Å². The first-order valence-electron chi connectivity index (χ1n) is 7.57. The van der Waals surface area contributed by atoms with Gasteiger partial charge in [-0.05, 0) is 43.0 Å². The maximum Gasteiger partial charge on any atom is 0.259 e. The molecule has 7 nitrogen and oxygen atoms in total. The molecule has 1 aromatic carbocycles. The zero-order valence-electron chi connectivity index (χ0n) is 12.6. The number of hydrogen-bond donors (Lipinski definition) is 2. The van der Waals surface area contributed by atoms with Gasteiger partial charge in [-0.25, -0.2) is 4.21 Å². The molecule has 0 aromatic heterocycles. The smallest absolute Gasteiger partial charge is 0.259 e. The molecule has 1 aromatic rings. The molecule has 1 unspecified atom stereocenters. The maximum atomic E-state index is 12.4. The normalized spacial score (nSPS) is 19.6. The molecule has 0 bridgehead atoms. The Kier molecular flexibility index (Phi) is 4.63. The minimum Gasteiger partial charge on any atom is -0.339 e. The summed E-state index contributed by atoms with van der Waals surface area (Å²) in [4.78, 5) is 28.0. The number of carbonyl (C=O) groups is 2. The summed E-state index contributed by atoms with van der Waals surface area (Å²) in [6.07, 6.45) is 2.40. The molecular weight excluding hydrogens is 318 g/mol. The maximum absolute atomic E-state index is 12.4. The van der Waals surface area contributed by atoms with Crippen molar-refractivity contribution in [2.45, 2.75) is 12.8 Å². The minimum absolute atomic E-state index is 0.00506. The summed E-state index contributed by atoms with van der Waals surface area (Å²) < 4.78 is 21.7. The van der Waals surface area contributed by atoms with Crippen molar-refractivity contribution in [1.29, 1.82) is 0 Å². The highest BCUT2D eigenvalue weighted by Crippen LogP contribution is 2.30. The first-order chi connectivity index (χ1) is 11.0. The van der Waals surface area contributed by atoms with E-state index in [0.717, 1.165) is 6.54 Å². The van der Waals surface area contributed by atoms with Crippen LogP contribution >= 0.6 is 0 Å². The summed E-state index contributed by atoms with van der Waals surface area (Å²) in [5, 5.41) is 0. The van der Waals surface area contributed by atoms with Gasteiger partial charge in [0.15, 0.2) is 0 Å². The third-order valence-electron chi connectivity index (χ3n) is 4.12. The SMILES string of the molecule is O=C1CN(C(=O)c2ccc(NS(=O)O)cc2)CCN1CC1CC1. The van der Waals surface area contributed by atoms with Crippen molar-refractivity contribution in [3.8, 4) is 0 Å². The van der Waals surface area contributed by atoms with Crippen LogP contribution in [-0.2, 0) is 16.1 Å². The number of anilines is 1. The topological polar surface area (TPSA) is 90.0 Å². The first-order valence-corrected chi connectivity index (χ1v) is 8.68. The fourth-order valence-corrected chi connectivity index (χ4v) is 2.99. The van der Waals surface area contributed by atoms with Crippen LogP contribution in [0.4, 0.5) is 5.69 Å². The number of hydrogen-bond acceptors (Lipinski definition) is 3. The van der Waals surface area contributed by atoms with E-state index in [9.17, 15) is 13.8 Å². The quantitative estimate of drug-likeness (QED) is 0.782. The Labute approximate surface area is 137 Å². The van der Waals surface area contributed by atoms with Crippen molar-refractivity contribution in [2.24, 2.45) is 5.92 Å². The second-order valence-electron chi connectivity index (χ2n) is 5.94. The van der Waals surface area contributed by atoms with Gasteiger partial charge in [0.05, 0.1) is 0 Å². The van der Waals surface area contributed by atoms with E-state index < -0.39 is 11.3 Å². The van der Waals surface area contributed by atoms with Crippen molar-refractivity contribution in [1.82, 2.24) is 9.80 Å². The summed E-state index contributed by atoms with van der Waals surface area (Å²) in [6, 6.07) is 6.29. The Bertz CT molecular complexity index is 630.